The Morgan fingerprint density at radius 3 is 2.60 bits per heavy atom. The number of hydrogen-bond donors (Lipinski definition) is 0. The highest BCUT2D eigenvalue weighted by Crippen LogP contribution is 2.46. The first-order valence-electron chi connectivity index (χ1n) is 10.1. The molecule has 3 nitrogen and oxygen atoms in total. The molecule has 0 atom stereocenters. The number of halogens is 1. The third-order valence-electron chi connectivity index (χ3n) is 5.33. The average molecular weight is 475 g/mol. The first-order chi connectivity index (χ1) is 14.5. The Morgan fingerprint density at radius 2 is 1.87 bits per heavy atom. The van der Waals surface area contributed by atoms with E-state index >= 15 is 0 Å². The van der Waals surface area contributed by atoms with Crippen molar-refractivity contribution in [2.75, 3.05) is 18.0 Å². The molecule has 0 aromatic heterocycles. The van der Waals surface area contributed by atoms with E-state index in [2.05, 4.69) is 48.2 Å². The molecule has 1 aromatic rings. The van der Waals surface area contributed by atoms with Crippen molar-refractivity contribution < 1.29 is 4.79 Å². The van der Waals surface area contributed by atoms with Gasteiger partial charge in [0.25, 0.3) is 5.91 Å². The topological polar surface area (TPSA) is 23.6 Å². The van der Waals surface area contributed by atoms with Gasteiger partial charge in [-0.3, -0.25) is 9.69 Å². The molecule has 30 heavy (non-hydrogen) atoms. The predicted octanol–water partition coefficient (Wildman–Crippen LogP) is 6.83. The maximum atomic E-state index is 12.5. The molecule has 0 bridgehead atoms. The summed E-state index contributed by atoms with van der Waals surface area (Å²) in [7, 11) is 0. The van der Waals surface area contributed by atoms with E-state index in [1.54, 1.807) is 16.7 Å². The van der Waals surface area contributed by atoms with Crippen LogP contribution in [0.3, 0.4) is 0 Å². The van der Waals surface area contributed by atoms with Crippen LogP contribution in [-0.4, -0.2) is 28.2 Å². The van der Waals surface area contributed by atoms with Crippen LogP contribution in [0.4, 0.5) is 5.69 Å². The van der Waals surface area contributed by atoms with Gasteiger partial charge in [-0.15, -0.1) is 0 Å². The molecule has 156 valence electrons. The number of fused-ring (bicyclic) bond motifs is 1. The molecule has 1 aliphatic carbocycles. The molecule has 4 rings (SSSR count). The van der Waals surface area contributed by atoms with Gasteiger partial charge in [0.1, 0.15) is 4.32 Å². The van der Waals surface area contributed by atoms with E-state index in [4.69, 9.17) is 23.8 Å². The van der Waals surface area contributed by atoms with Crippen molar-refractivity contribution >= 4 is 63.3 Å². The third kappa shape index (κ3) is 4.15. The molecule has 2 heterocycles. The normalized spacial score (nSPS) is 23.5. The Kier molecular flexibility index (Phi) is 6.78. The summed E-state index contributed by atoms with van der Waals surface area (Å²) in [6.07, 6.45) is 9.10. The lowest BCUT2D eigenvalue weighted by Crippen LogP contribution is -2.27. The zero-order valence-electron chi connectivity index (χ0n) is 17.0. The highest BCUT2D eigenvalue weighted by atomic mass is 35.5. The van der Waals surface area contributed by atoms with Crippen LogP contribution < -0.4 is 4.90 Å². The lowest BCUT2D eigenvalue weighted by Gasteiger charge is -2.19. The molecule has 0 unspecified atom stereocenters. The van der Waals surface area contributed by atoms with Gasteiger partial charge >= 0.3 is 0 Å². The zero-order chi connectivity index (χ0) is 21.3. The molecule has 1 amide bonds. The van der Waals surface area contributed by atoms with E-state index in [9.17, 15) is 4.79 Å². The van der Waals surface area contributed by atoms with Crippen LogP contribution >= 0.6 is 47.3 Å². The lowest BCUT2D eigenvalue weighted by molar-refractivity contribution is -0.122. The van der Waals surface area contributed by atoms with Gasteiger partial charge in [-0.25, -0.2) is 0 Å². The number of carbonyl (C=O) groups excluding carboxylic acids is 1. The number of allylic oxidation sites excluding steroid dienone is 6. The Labute approximate surface area is 196 Å². The van der Waals surface area contributed by atoms with Gasteiger partial charge in [-0.1, -0.05) is 65.6 Å². The van der Waals surface area contributed by atoms with Crippen LogP contribution in [0.15, 0.2) is 73.5 Å². The number of para-hydroxylation sites is 1. The Balaban J connectivity index is 1.60. The van der Waals surface area contributed by atoms with Gasteiger partial charge in [0.05, 0.1) is 15.6 Å². The molecule has 2 aliphatic heterocycles. The van der Waals surface area contributed by atoms with Crippen LogP contribution in [0.25, 0.3) is 0 Å². The summed E-state index contributed by atoms with van der Waals surface area (Å²) >= 11 is 15.3. The fourth-order valence-corrected chi connectivity index (χ4v) is 6.62. The molecule has 1 saturated heterocycles. The Bertz CT molecular complexity index is 1030. The number of anilines is 1. The minimum Gasteiger partial charge on any atom is -0.335 e. The quantitative estimate of drug-likeness (QED) is 0.351. The minimum absolute atomic E-state index is 0.0126. The fourth-order valence-electron chi connectivity index (χ4n) is 3.79. The van der Waals surface area contributed by atoms with Crippen LogP contribution in [0.1, 0.15) is 33.1 Å². The second-order valence-corrected chi connectivity index (χ2v) is 10.2. The van der Waals surface area contributed by atoms with E-state index in [0.717, 1.165) is 42.0 Å². The highest BCUT2D eigenvalue weighted by molar-refractivity contribution is 8.26. The van der Waals surface area contributed by atoms with Crippen LogP contribution in [0.2, 0.25) is 0 Å². The largest absolute Gasteiger partial charge is 0.335 e. The van der Waals surface area contributed by atoms with Gasteiger partial charge in [0.2, 0.25) is 0 Å². The van der Waals surface area contributed by atoms with Crippen molar-refractivity contribution in [3.05, 3.63) is 68.6 Å². The molecule has 3 aliphatic rings. The standard InChI is InChI=1S/C23H23ClN2OS3/c1-3-25-17-10-5-6-11-18(17)29-20(25)13-12-15-8-7-9-16(21(15)24)14-19-22(27)26(4-2)23(28)30-19/h5-6,10-14H,3-4,7-9H2,1-2H3/b15-12-,19-14-,20-13+. The van der Waals surface area contributed by atoms with Gasteiger partial charge in [0, 0.05) is 23.0 Å². The second kappa shape index (κ2) is 9.35. The lowest BCUT2D eigenvalue weighted by atomic mass is 9.94. The average Bonchev–Trinajstić information content (AvgIpc) is 3.24. The van der Waals surface area contributed by atoms with Crippen molar-refractivity contribution in [2.45, 2.75) is 38.0 Å². The summed E-state index contributed by atoms with van der Waals surface area (Å²) in [6.45, 7) is 5.63. The molecule has 1 fully saturated rings. The number of thioether (sulfide) groups is 2. The van der Waals surface area contributed by atoms with Gasteiger partial charge in [0.15, 0.2) is 0 Å². The number of likely N-dealkylation sites (N-methyl/N-ethyl adjacent to an activating group) is 1. The van der Waals surface area contributed by atoms with E-state index in [1.165, 1.54) is 27.4 Å². The number of carbonyl (C=O) groups is 1. The summed E-state index contributed by atoms with van der Waals surface area (Å²) < 4.78 is 0.624. The summed E-state index contributed by atoms with van der Waals surface area (Å²) in [4.78, 5) is 18.5. The molecule has 0 radical (unpaired) electrons. The Morgan fingerprint density at radius 1 is 1.10 bits per heavy atom. The molecule has 1 aromatic carbocycles. The first-order valence-corrected chi connectivity index (χ1v) is 12.5. The van der Waals surface area contributed by atoms with Crippen molar-refractivity contribution in [1.29, 1.82) is 0 Å². The summed E-state index contributed by atoms with van der Waals surface area (Å²) in [5.41, 5.74) is 3.41. The van der Waals surface area contributed by atoms with Crippen molar-refractivity contribution in [2.24, 2.45) is 0 Å². The molecule has 7 heteroatoms. The van der Waals surface area contributed by atoms with Crippen LogP contribution in [0.5, 0.6) is 0 Å². The number of benzene rings is 1. The summed E-state index contributed by atoms with van der Waals surface area (Å²) in [5, 5.41) is 1.98. The minimum atomic E-state index is -0.0126. The zero-order valence-corrected chi connectivity index (χ0v) is 20.2. The van der Waals surface area contributed by atoms with E-state index < -0.39 is 0 Å². The summed E-state index contributed by atoms with van der Waals surface area (Å²) in [6, 6.07) is 8.49. The molecular formula is C23H23ClN2OS3. The van der Waals surface area contributed by atoms with Crippen molar-refractivity contribution in [3.63, 3.8) is 0 Å². The maximum Gasteiger partial charge on any atom is 0.266 e. The second-order valence-electron chi connectivity index (χ2n) is 7.13. The number of hydrogen-bond acceptors (Lipinski definition) is 5. The molecule has 0 spiro atoms. The van der Waals surface area contributed by atoms with Crippen molar-refractivity contribution in [3.8, 4) is 0 Å². The van der Waals surface area contributed by atoms with Crippen LogP contribution in [-0.2, 0) is 4.79 Å². The van der Waals surface area contributed by atoms with Crippen LogP contribution in [0, 0.1) is 0 Å². The number of rotatable bonds is 4. The van der Waals surface area contributed by atoms with Crippen molar-refractivity contribution in [1.82, 2.24) is 4.90 Å². The smallest absolute Gasteiger partial charge is 0.266 e. The summed E-state index contributed by atoms with van der Waals surface area (Å²) in [5.74, 6) is -0.0126. The third-order valence-corrected chi connectivity index (χ3v) is 8.33. The maximum absolute atomic E-state index is 12.5. The highest BCUT2D eigenvalue weighted by Gasteiger charge is 2.31. The molecular weight excluding hydrogens is 452 g/mol. The SMILES string of the molecule is CCN1C(=O)/C(=C/C2=C(Cl)C(=C\C=C3\Sc4ccccc4N3CC)/CCC2)SC1=S. The number of nitrogens with zero attached hydrogens (tertiary/aromatic N) is 2. The number of thiocarbonyl (C=S) groups is 1. The van der Waals surface area contributed by atoms with Gasteiger partial charge in [-0.2, -0.15) is 0 Å². The fraction of sp³-hybridized carbons (Fsp3) is 0.304. The van der Waals surface area contributed by atoms with E-state index in [0.29, 0.717) is 15.8 Å². The van der Waals surface area contributed by atoms with Gasteiger partial charge < -0.3 is 4.90 Å². The van der Waals surface area contributed by atoms with E-state index in [1.807, 2.05) is 13.0 Å². The van der Waals surface area contributed by atoms with E-state index in [-0.39, 0.29) is 5.91 Å². The first kappa shape index (κ1) is 21.8. The van der Waals surface area contributed by atoms with Gasteiger partial charge in [-0.05, 0) is 68.5 Å². The molecule has 0 saturated carbocycles. The molecule has 0 N–H and O–H groups in total. The Hall–Kier alpha value is -1.47. The predicted molar refractivity (Wildman–Crippen MR) is 134 cm³/mol. The number of amides is 1. The monoisotopic (exact) mass is 474 g/mol.